The van der Waals surface area contributed by atoms with Gasteiger partial charge in [-0.25, -0.2) is 0 Å². The van der Waals surface area contributed by atoms with Gasteiger partial charge in [0.1, 0.15) is 11.9 Å². The van der Waals surface area contributed by atoms with Crippen molar-refractivity contribution in [1.82, 2.24) is 0 Å². The highest BCUT2D eigenvalue weighted by Gasteiger charge is 2.26. The number of aryl methyl sites for hydroxylation is 1. The molecule has 0 aromatic heterocycles. The van der Waals surface area contributed by atoms with Crippen molar-refractivity contribution in [2.45, 2.75) is 71.4 Å². The Bertz CT molecular complexity index is 427. The fourth-order valence-corrected chi connectivity index (χ4v) is 3.34. The molecule has 1 aromatic rings. The lowest BCUT2D eigenvalue weighted by molar-refractivity contribution is 0.0886. The Hall–Kier alpha value is -1.02. The Kier molecular flexibility index (Phi) is 5.47. The summed E-state index contributed by atoms with van der Waals surface area (Å²) >= 11 is 0. The predicted octanol–water partition coefficient (Wildman–Crippen LogP) is 4.23. The molecule has 2 heteroatoms. The first kappa shape index (κ1) is 15.4. The molecule has 0 saturated heterocycles. The number of para-hydroxylation sites is 1. The van der Waals surface area contributed by atoms with E-state index in [4.69, 9.17) is 10.5 Å². The standard InChI is InChI=1S/C18H29NO/c1-4-15-9-5-6-11-17(15)20-18-13(2)8-7-10-16(18)12-14(3)19/h7-8,10,14-15,17H,4-6,9,11-12,19H2,1-3H3. The summed E-state index contributed by atoms with van der Waals surface area (Å²) in [7, 11) is 0. The van der Waals surface area contributed by atoms with Crippen LogP contribution < -0.4 is 10.5 Å². The number of hydrogen-bond acceptors (Lipinski definition) is 2. The van der Waals surface area contributed by atoms with Crippen LogP contribution in [0, 0.1) is 12.8 Å². The molecule has 2 rings (SSSR count). The molecular weight excluding hydrogens is 246 g/mol. The van der Waals surface area contributed by atoms with Crippen molar-refractivity contribution in [2.75, 3.05) is 0 Å². The van der Waals surface area contributed by atoms with E-state index in [0.717, 1.165) is 12.2 Å². The number of nitrogens with two attached hydrogens (primary N) is 1. The van der Waals surface area contributed by atoms with Crippen LogP contribution in [0.15, 0.2) is 18.2 Å². The molecule has 0 aliphatic heterocycles. The van der Waals surface area contributed by atoms with Crippen molar-refractivity contribution >= 4 is 0 Å². The highest BCUT2D eigenvalue weighted by molar-refractivity contribution is 5.41. The van der Waals surface area contributed by atoms with Gasteiger partial charge in [-0.3, -0.25) is 0 Å². The molecule has 0 spiro atoms. The first-order valence-corrected chi connectivity index (χ1v) is 8.12. The molecule has 2 nitrogen and oxygen atoms in total. The van der Waals surface area contributed by atoms with E-state index in [9.17, 15) is 0 Å². The molecule has 0 radical (unpaired) electrons. The van der Waals surface area contributed by atoms with Crippen LogP contribution in [-0.2, 0) is 6.42 Å². The summed E-state index contributed by atoms with van der Waals surface area (Å²) in [6, 6.07) is 6.59. The Morgan fingerprint density at radius 1 is 1.30 bits per heavy atom. The van der Waals surface area contributed by atoms with Crippen molar-refractivity contribution in [2.24, 2.45) is 11.7 Å². The lowest BCUT2D eigenvalue weighted by atomic mass is 9.84. The maximum absolute atomic E-state index is 6.47. The molecule has 1 saturated carbocycles. The zero-order chi connectivity index (χ0) is 14.5. The molecule has 20 heavy (non-hydrogen) atoms. The van der Waals surface area contributed by atoms with E-state index < -0.39 is 0 Å². The summed E-state index contributed by atoms with van der Waals surface area (Å²) in [4.78, 5) is 0. The molecule has 0 amide bonds. The lowest BCUT2D eigenvalue weighted by Gasteiger charge is -2.32. The second-order valence-corrected chi connectivity index (χ2v) is 6.35. The van der Waals surface area contributed by atoms with Crippen LogP contribution in [0.3, 0.4) is 0 Å². The average molecular weight is 275 g/mol. The van der Waals surface area contributed by atoms with Gasteiger partial charge >= 0.3 is 0 Å². The highest BCUT2D eigenvalue weighted by Crippen LogP contribution is 2.33. The number of ether oxygens (including phenoxy) is 1. The third-order valence-electron chi connectivity index (χ3n) is 4.47. The Balaban J connectivity index is 2.18. The van der Waals surface area contributed by atoms with E-state index in [2.05, 4.69) is 39.0 Å². The van der Waals surface area contributed by atoms with Crippen molar-refractivity contribution in [3.05, 3.63) is 29.3 Å². The molecule has 2 N–H and O–H groups in total. The van der Waals surface area contributed by atoms with Crippen molar-refractivity contribution in [1.29, 1.82) is 0 Å². The molecule has 1 aliphatic carbocycles. The monoisotopic (exact) mass is 275 g/mol. The third-order valence-corrected chi connectivity index (χ3v) is 4.47. The van der Waals surface area contributed by atoms with E-state index in [1.165, 1.54) is 43.2 Å². The molecule has 3 atom stereocenters. The molecule has 1 aromatic carbocycles. The van der Waals surface area contributed by atoms with Crippen LogP contribution in [0.4, 0.5) is 0 Å². The van der Waals surface area contributed by atoms with Crippen molar-refractivity contribution < 1.29 is 4.74 Å². The van der Waals surface area contributed by atoms with E-state index in [1.54, 1.807) is 0 Å². The van der Waals surface area contributed by atoms with Gasteiger partial charge in [0, 0.05) is 6.04 Å². The minimum Gasteiger partial charge on any atom is -0.490 e. The summed E-state index contributed by atoms with van der Waals surface area (Å²) in [5.41, 5.74) is 8.48. The number of rotatable bonds is 5. The largest absolute Gasteiger partial charge is 0.490 e. The first-order chi connectivity index (χ1) is 9.61. The Morgan fingerprint density at radius 2 is 2.05 bits per heavy atom. The van der Waals surface area contributed by atoms with E-state index in [-0.39, 0.29) is 6.04 Å². The third kappa shape index (κ3) is 3.76. The second-order valence-electron chi connectivity index (χ2n) is 6.35. The normalized spacial score (nSPS) is 24.4. The van der Waals surface area contributed by atoms with Crippen LogP contribution in [0.25, 0.3) is 0 Å². The number of hydrogen-bond donors (Lipinski definition) is 1. The van der Waals surface area contributed by atoms with Crippen LogP contribution in [-0.4, -0.2) is 12.1 Å². The molecule has 3 unspecified atom stereocenters. The van der Waals surface area contributed by atoms with E-state index in [1.807, 2.05) is 0 Å². The second kappa shape index (κ2) is 7.12. The smallest absolute Gasteiger partial charge is 0.125 e. The lowest BCUT2D eigenvalue weighted by Crippen LogP contribution is -2.30. The maximum atomic E-state index is 6.47. The summed E-state index contributed by atoms with van der Waals surface area (Å²) < 4.78 is 6.47. The van der Waals surface area contributed by atoms with Gasteiger partial charge < -0.3 is 10.5 Å². The molecule has 0 bridgehead atoms. The van der Waals surface area contributed by atoms with Crippen LogP contribution in [0.5, 0.6) is 5.75 Å². The minimum absolute atomic E-state index is 0.174. The molecule has 0 heterocycles. The summed E-state index contributed by atoms with van der Waals surface area (Å²) in [6.07, 6.45) is 7.68. The van der Waals surface area contributed by atoms with Crippen LogP contribution in [0.2, 0.25) is 0 Å². The highest BCUT2D eigenvalue weighted by atomic mass is 16.5. The van der Waals surface area contributed by atoms with E-state index in [0.29, 0.717) is 12.0 Å². The summed E-state index contributed by atoms with van der Waals surface area (Å²) in [6.45, 7) is 6.48. The fourth-order valence-electron chi connectivity index (χ4n) is 3.34. The fraction of sp³-hybridized carbons (Fsp3) is 0.667. The predicted molar refractivity (Wildman–Crippen MR) is 85.2 cm³/mol. The Labute approximate surface area is 123 Å². The van der Waals surface area contributed by atoms with Gasteiger partial charge in [0.2, 0.25) is 0 Å². The maximum Gasteiger partial charge on any atom is 0.125 e. The SMILES string of the molecule is CCC1CCCCC1Oc1c(C)cccc1CC(C)N. The van der Waals surface area contributed by atoms with Gasteiger partial charge in [-0.15, -0.1) is 0 Å². The van der Waals surface area contributed by atoms with Crippen LogP contribution in [0.1, 0.15) is 57.1 Å². The zero-order valence-electron chi connectivity index (χ0n) is 13.2. The molecular formula is C18H29NO. The molecule has 112 valence electrons. The quantitative estimate of drug-likeness (QED) is 0.872. The van der Waals surface area contributed by atoms with Gasteiger partial charge in [0.05, 0.1) is 0 Å². The minimum atomic E-state index is 0.174. The van der Waals surface area contributed by atoms with Crippen LogP contribution >= 0.6 is 0 Å². The average Bonchev–Trinajstić information content (AvgIpc) is 2.42. The topological polar surface area (TPSA) is 35.2 Å². The van der Waals surface area contributed by atoms with E-state index >= 15 is 0 Å². The van der Waals surface area contributed by atoms with Gasteiger partial charge in [0.15, 0.2) is 0 Å². The number of benzene rings is 1. The first-order valence-electron chi connectivity index (χ1n) is 8.12. The van der Waals surface area contributed by atoms with Gasteiger partial charge in [-0.2, -0.15) is 0 Å². The van der Waals surface area contributed by atoms with Gasteiger partial charge in [-0.1, -0.05) is 31.5 Å². The summed E-state index contributed by atoms with van der Waals surface area (Å²) in [5.74, 6) is 1.81. The zero-order valence-corrected chi connectivity index (χ0v) is 13.2. The van der Waals surface area contributed by atoms with Crippen molar-refractivity contribution in [3.8, 4) is 5.75 Å². The van der Waals surface area contributed by atoms with Crippen molar-refractivity contribution in [3.63, 3.8) is 0 Å². The molecule has 1 aliphatic rings. The molecule has 1 fully saturated rings. The summed E-state index contributed by atoms with van der Waals surface area (Å²) in [5, 5.41) is 0. The van der Waals surface area contributed by atoms with Gasteiger partial charge in [-0.05, 0) is 63.0 Å². The van der Waals surface area contributed by atoms with Gasteiger partial charge in [0.25, 0.3) is 0 Å². The Morgan fingerprint density at radius 3 is 2.75 bits per heavy atom.